The Hall–Kier alpha value is -0.870. The van der Waals surface area contributed by atoms with Gasteiger partial charge in [0.25, 0.3) is 0 Å². The maximum absolute atomic E-state index is 4.11. The molecule has 13 heavy (non-hydrogen) atoms. The molecule has 0 aliphatic carbocycles. The van der Waals surface area contributed by atoms with Crippen molar-refractivity contribution in [2.24, 2.45) is 0 Å². The Kier molecular flexibility index (Phi) is 5.20. The van der Waals surface area contributed by atoms with Gasteiger partial charge in [-0.15, -0.1) is 0 Å². The number of hydrogen-bond acceptors (Lipinski definition) is 3. The first-order chi connectivity index (χ1) is 6.43. The van der Waals surface area contributed by atoms with Crippen molar-refractivity contribution in [3.8, 4) is 0 Å². The average molecular weight is 182 g/mol. The van der Waals surface area contributed by atoms with Gasteiger partial charge in [0.05, 0.1) is 6.54 Å². The maximum atomic E-state index is 4.11. The van der Waals surface area contributed by atoms with Gasteiger partial charge in [-0.3, -0.25) is 4.68 Å². The molecule has 4 nitrogen and oxygen atoms in total. The summed E-state index contributed by atoms with van der Waals surface area (Å²) in [6.07, 6.45) is 4.96. The Morgan fingerprint density at radius 2 is 2.23 bits per heavy atom. The molecular formula is C9H18N4. The van der Waals surface area contributed by atoms with E-state index in [-0.39, 0.29) is 0 Å². The molecule has 0 saturated heterocycles. The summed E-state index contributed by atoms with van der Waals surface area (Å²) in [4.78, 5) is 0. The van der Waals surface area contributed by atoms with E-state index in [9.17, 15) is 0 Å². The Morgan fingerprint density at radius 1 is 1.31 bits per heavy atom. The van der Waals surface area contributed by atoms with Gasteiger partial charge in [-0.2, -0.15) is 5.10 Å². The van der Waals surface area contributed by atoms with Gasteiger partial charge in [-0.05, 0) is 32.6 Å². The van der Waals surface area contributed by atoms with E-state index in [4.69, 9.17) is 0 Å². The topological polar surface area (TPSA) is 41.9 Å². The minimum atomic E-state index is 0.951. The third kappa shape index (κ3) is 4.65. The molecular weight excluding hydrogens is 164 g/mol. The highest BCUT2D eigenvalue weighted by atomic mass is 15.3. The molecule has 0 aliphatic heterocycles. The zero-order valence-corrected chi connectivity index (χ0v) is 8.16. The number of nitrogens with zero attached hydrogens (tertiary/aromatic N) is 2. The Labute approximate surface area is 79.3 Å². The lowest BCUT2D eigenvalue weighted by Crippen LogP contribution is -2.23. The van der Waals surface area contributed by atoms with Crippen LogP contribution in [0.3, 0.4) is 0 Å². The van der Waals surface area contributed by atoms with Crippen LogP contribution in [-0.2, 0) is 6.54 Å². The lowest BCUT2D eigenvalue weighted by atomic mass is 10.4. The van der Waals surface area contributed by atoms with Gasteiger partial charge in [-0.1, -0.05) is 0 Å². The molecule has 0 fully saturated rings. The molecule has 0 aromatic carbocycles. The highest BCUT2D eigenvalue weighted by Gasteiger charge is 1.89. The van der Waals surface area contributed by atoms with E-state index in [0.717, 1.165) is 26.2 Å². The summed E-state index contributed by atoms with van der Waals surface area (Å²) in [6.45, 7) is 4.09. The van der Waals surface area contributed by atoms with Crippen molar-refractivity contribution in [1.29, 1.82) is 0 Å². The zero-order chi connectivity index (χ0) is 9.36. The van der Waals surface area contributed by atoms with Gasteiger partial charge >= 0.3 is 0 Å². The number of nitrogens with one attached hydrogen (secondary N) is 2. The number of rotatable bonds is 7. The van der Waals surface area contributed by atoms with Crippen LogP contribution in [0.2, 0.25) is 0 Å². The smallest absolute Gasteiger partial charge is 0.0533 e. The van der Waals surface area contributed by atoms with Crippen LogP contribution < -0.4 is 10.6 Å². The quantitative estimate of drug-likeness (QED) is 0.587. The van der Waals surface area contributed by atoms with Crippen molar-refractivity contribution >= 4 is 0 Å². The minimum absolute atomic E-state index is 0.951. The normalized spacial score (nSPS) is 10.5. The van der Waals surface area contributed by atoms with Crippen molar-refractivity contribution < 1.29 is 0 Å². The molecule has 0 unspecified atom stereocenters. The summed E-state index contributed by atoms with van der Waals surface area (Å²) in [6, 6.07) is 1.95. The largest absolute Gasteiger partial charge is 0.320 e. The molecule has 0 amide bonds. The van der Waals surface area contributed by atoms with Crippen LogP contribution in [0.15, 0.2) is 18.5 Å². The second-order valence-corrected chi connectivity index (χ2v) is 2.98. The van der Waals surface area contributed by atoms with Crippen LogP contribution in [-0.4, -0.2) is 36.5 Å². The monoisotopic (exact) mass is 182 g/mol. The van der Waals surface area contributed by atoms with Crippen LogP contribution >= 0.6 is 0 Å². The molecule has 1 aromatic rings. The van der Waals surface area contributed by atoms with E-state index < -0.39 is 0 Å². The zero-order valence-electron chi connectivity index (χ0n) is 8.16. The van der Waals surface area contributed by atoms with Crippen LogP contribution in [0.1, 0.15) is 6.42 Å². The molecule has 0 radical (unpaired) electrons. The SMILES string of the molecule is CNCCCNCCn1cccn1. The van der Waals surface area contributed by atoms with Crippen LogP contribution in [0, 0.1) is 0 Å². The van der Waals surface area contributed by atoms with Gasteiger partial charge in [0, 0.05) is 18.9 Å². The third-order valence-electron chi connectivity index (χ3n) is 1.86. The van der Waals surface area contributed by atoms with Gasteiger partial charge in [0.2, 0.25) is 0 Å². The molecule has 0 saturated carbocycles. The van der Waals surface area contributed by atoms with E-state index in [1.165, 1.54) is 6.42 Å². The third-order valence-corrected chi connectivity index (χ3v) is 1.86. The maximum Gasteiger partial charge on any atom is 0.0533 e. The predicted octanol–water partition coefficient (Wildman–Crippen LogP) is 0.0822. The lowest BCUT2D eigenvalue weighted by molar-refractivity contribution is 0.543. The fourth-order valence-electron chi connectivity index (χ4n) is 1.14. The molecule has 0 bridgehead atoms. The molecule has 1 aromatic heterocycles. The van der Waals surface area contributed by atoms with Crippen molar-refractivity contribution in [2.75, 3.05) is 26.7 Å². The summed E-state index contributed by atoms with van der Waals surface area (Å²) >= 11 is 0. The summed E-state index contributed by atoms with van der Waals surface area (Å²) in [5.41, 5.74) is 0. The molecule has 0 spiro atoms. The Bertz CT molecular complexity index is 195. The van der Waals surface area contributed by atoms with Crippen molar-refractivity contribution in [2.45, 2.75) is 13.0 Å². The van der Waals surface area contributed by atoms with E-state index in [0.29, 0.717) is 0 Å². The summed E-state index contributed by atoms with van der Waals surface area (Å²) in [5, 5.41) is 10.6. The number of hydrogen-bond donors (Lipinski definition) is 2. The fourth-order valence-corrected chi connectivity index (χ4v) is 1.14. The van der Waals surface area contributed by atoms with Gasteiger partial charge < -0.3 is 10.6 Å². The highest BCUT2D eigenvalue weighted by Crippen LogP contribution is 1.82. The first-order valence-corrected chi connectivity index (χ1v) is 4.76. The van der Waals surface area contributed by atoms with Gasteiger partial charge in [0.1, 0.15) is 0 Å². The molecule has 2 N–H and O–H groups in total. The summed E-state index contributed by atoms with van der Waals surface area (Å²) in [7, 11) is 1.98. The molecule has 1 rings (SSSR count). The number of aromatic nitrogens is 2. The van der Waals surface area contributed by atoms with E-state index in [2.05, 4.69) is 15.7 Å². The van der Waals surface area contributed by atoms with Crippen molar-refractivity contribution in [3.05, 3.63) is 18.5 Å². The van der Waals surface area contributed by atoms with Crippen molar-refractivity contribution in [3.63, 3.8) is 0 Å². The van der Waals surface area contributed by atoms with Gasteiger partial charge in [0.15, 0.2) is 0 Å². The first kappa shape index (κ1) is 10.2. The highest BCUT2D eigenvalue weighted by molar-refractivity contribution is 4.77. The molecule has 0 aliphatic rings. The fraction of sp³-hybridized carbons (Fsp3) is 0.667. The second kappa shape index (κ2) is 6.62. The van der Waals surface area contributed by atoms with Crippen LogP contribution in [0.5, 0.6) is 0 Å². The standard InChI is InChI=1S/C9H18N4/c1-10-4-2-5-11-7-9-13-8-3-6-12-13/h3,6,8,10-11H,2,4-5,7,9H2,1H3. The summed E-state index contributed by atoms with van der Waals surface area (Å²) in [5.74, 6) is 0. The van der Waals surface area contributed by atoms with Crippen LogP contribution in [0.4, 0.5) is 0 Å². The van der Waals surface area contributed by atoms with Gasteiger partial charge in [-0.25, -0.2) is 0 Å². The molecule has 1 heterocycles. The second-order valence-electron chi connectivity index (χ2n) is 2.98. The molecule has 4 heteroatoms. The van der Waals surface area contributed by atoms with E-state index in [1.807, 2.05) is 24.0 Å². The first-order valence-electron chi connectivity index (χ1n) is 4.76. The molecule has 74 valence electrons. The average Bonchev–Trinajstić information content (AvgIpc) is 2.63. The lowest BCUT2D eigenvalue weighted by Gasteiger charge is -2.04. The summed E-state index contributed by atoms with van der Waals surface area (Å²) < 4.78 is 1.94. The molecule has 0 atom stereocenters. The minimum Gasteiger partial charge on any atom is -0.320 e. The predicted molar refractivity (Wildman–Crippen MR) is 53.6 cm³/mol. The Morgan fingerprint density at radius 3 is 2.92 bits per heavy atom. The van der Waals surface area contributed by atoms with Crippen molar-refractivity contribution in [1.82, 2.24) is 20.4 Å². The van der Waals surface area contributed by atoms with Crippen LogP contribution in [0.25, 0.3) is 0 Å². The van der Waals surface area contributed by atoms with E-state index >= 15 is 0 Å². The Balaban J connectivity index is 1.90. The van der Waals surface area contributed by atoms with E-state index in [1.54, 1.807) is 6.20 Å².